The minimum absolute atomic E-state index is 0.00776. The van der Waals surface area contributed by atoms with E-state index in [0.717, 1.165) is 0 Å². The summed E-state index contributed by atoms with van der Waals surface area (Å²) >= 11 is 0. The van der Waals surface area contributed by atoms with Gasteiger partial charge in [-0.2, -0.15) is 0 Å². The van der Waals surface area contributed by atoms with E-state index in [2.05, 4.69) is 256 Å². The molecule has 0 amide bonds. The van der Waals surface area contributed by atoms with Crippen LogP contribution in [0.3, 0.4) is 0 Å². The van der Waals surface area contributed by atoms with E-state index in [9.17, 15) is 0 Å². The van der Waals surface area contributed by atoms with Gasteiger partial charge in [0.1, 0.15) is 0 Å². The summed E-state index contributed by atoms with van der Waals surface area (Å²) in [6.45, 7) is 30.7. The molecular weight excluding hydrogens is 834 g/mol. The topological polar surface area (TPSA) is 11.4 Å². The lowest BCUT2D eigenvalue weighted by Crippen LogP contribution is -2.61. The van der Waals surface area contributed by atoms with Crippen LogP contribution in [0.4, 0.5) is 34.1 Å². The predicted octanol–water partition coefficient (Wildman–Crippen LogP) is 15.7. The van der Waals surface area contributed by atoms with E-state index in [-0.39, 0.29) is 28.4 Å². The van der Waals surface area contributed by atoms with Crippen LogP contribution in [0.5, 0.6) is 0 Å². The highest BCUT2D eigenvalue weighted by Gasteiger charge is 2.46. The number of hydrogen-bond donors (Lipinski definition) is 0. The average molecular weight is 898 g/mol. The van der Waals surface area contributed by atoms with Gasteiger partial charge in [0.05, 0.1) is 16.7 Å². The molecule has 4 heteroatoms. The summed E-state index contributed by atoms with van der Waals surface area (Å²) in [7, 11) is 0. The summed E-state index contributed by atoms with van der Waals surface area (Å²) in [5.41, 5.74) is 26.9. The van der Waals surface area contributed by atoms with Crippen LogP contribution in [0.2, 0.25) is 0 Å². The smallest absolute Gasteiger partial charge is 0.252 e. The number of rotatable bonds is 3. The van der Waals surface area contributed by atoms with Gasteiger partial charge in [-0.05, 0) is 151 Å². The molecule has 12 rings (SSSR count). The standard InChI is InChI=1S/C65H64BN3/c1-39-31-42(63(6,7)8)32-40(2)61(39)69-57-38-56-49(48-24-18-20-26-54(48)67(56)44-21-15-14-16-22-44)37-53(57)66-52-33-41(62(3,4)5)27-30-55(52)68(58-34-43(64(9,10)11)35-59(69)60(58)66)45-28-29-47-46-23-17-19-25-50(46)65(12,13)51(47)36-45/h14-38H,1-13H3. The van der Waals surface area contributed by atoms with Gasteiger partial charge in [0, 0.05) is 50.3 Å². The van der Waals surface area contributed by atoms with Crippen molar-refractivity contribution in [1.29, 1.82) is 0 Å². The van der Waals surface area contributed by atoms with Crippen molar-refractivity contribution >= 4 is 79.0 Å². The summed E-state index contributed by atoms with van der Waals surface area (Å²) in [5.74, 6) is 0. The lowest BCUT2D eigenvalue weighted by molar-refractivity contribution is 0.589. The molecule has 0 bridgehead atoms. The van der Waals surface area contributed by atoms with Crippen molar-refractivity contribution < 1.29 is 0 Å². The molecule has 2 aliphatic heterocycles. The molecule has 0 saturated carbocycles. The first kappa shape index (κ1) is 43.5. The summed E-state index contributed by atoms with van der Waals surface area (Å²) in [6, 6.07) is 58.8. The Hall–Kier alpha value is -6.78. The van der Waals surface area contributed by atoms with Gasteiger partial charge in [0.25, 0.3) is 6.71 Å². The molecular formula is C65H64BN3. The highest BCUT2D eigenvalue weighted by atomic mass is 15.2. The summed E-state index contributed by atoms with van der Waals surface area (Å²) in [4.78, 5) is 5.32. The molecule has 0 radical (unpaired) electrons. The van der Waals surface area contributed by atoms with Crippen molar-refractivity contribution in [3.63, 3.8) is 0 Å². The van der Waals surface area contributed by atoms with E-state index in [1.54, 1.807) is 0 Å². The Bertz CT molecular complexity index is 3600. The first-order valence-electron chi connectivity index (χ1n) is 25.1. The highest BCUT2D eigenvalue weighted by Crippen LogP contribution is 2.53. The number of hydrogen-bond acceptors (Lipinski definition) is 2. The number of aromatic nitrogens is 1. The van der Waals surface area contributed by atoms with Crippen LogP contribution in [0, 0.1) is 13.8 Å². The van der Waals surface area contributed by atoms with Gasteiger partial charge >= 0.3 is 0 Å². The van der Waals surface area contributed by atoms with Gasteiger partial charge in [-0.3, -0.25) is 0 Å². The Kier molecular flexibility index (Phi) is 9.22. The van der Waals surface area contributed by atoms with E-state index in [1.807, 2.05) is 0 Å². The Morgan fingerprint density at radius 2 is 1.01 bits per heavy atom. The lowest BCUT2D eigenvalue weighted by atomic mass is 9.33. The lowest BCUT2D eigenvalue weighted by Gasteiger charge is -2.46. The third kappa shape index (κ3) is 6.40. The minimum Gasteiger partial charge on any atom is -0.311 e. The molecule has 69 heavy (non-hydrogen) atoms. The molecule has 0 saturated heterocycles. The van der Waals surface area contributed by atoms with Gasteiger partial charge < -0.3 is 14.4 Å². The van der Waals surface area contributed by atoms with Crippen molar-refractivity contribution in [1.82, 2.24) is 4.57 Å². The predicted molar refractivity (Wildman–Crippen MR) is 298 cm³/mol. The van der Waals surface area contributed by atoms with Crippen LogP contribution in [-0.4, -0.2) is 11.3 Å². The molecule has 342 valence electrons. The maximum atomic E-state index is 2.68. The molecule has 1 aliphatic carbocycles. The fourth-order valence-electron chi connectivity index (χ4n) is 12.3. The first-order chi connectivity index (χ1) is 32.7. The summed E-state index contributed by atoms with van der Waals surface area (Å²) in [6.07, 6.45) is 0. The quantitative estimate of drug-likeness (QED) is 0.164. The zero-order chi connectivity index (χ0) is 48.3. The minimum atomic E-state index is -0.139. The third-order valence-corrected chi connectivity index (χ3v) is 16.0. The van der Waals surface area contributed by atoms with Crippen LogP contribution >= 0.6 is 0 Å². The number of para-hydroxylation sites is 2. The second kappa shape index (κ2) is 14.6. The van der Waals surface area contributed by atoms with E-state index >= 15 is 0 Å². The second-order valence-corrected chi connectivity index (χ2v) is 24.0. The fourth-order valence-corrected chi connectivity index (χ4v) is 12.3. The molecule has 3 heterocycles. The third-order valence-electron chi connectivity index (χ3n) is 16.0. The van der Waals surface area contributed by atoms with Crippen molar-refractivity contribution in [3.8, 4) is 16.8 Å². The van der Waals surface area contributed by atoms with E-state index in [0.29, 0.717) is 0 Å². The molecule has 1 aromatic heterocycles. The van der Waals surface area contributed by atoms with Gasteiger partial charge in [0.15, 0.2) is 0 Å². The van der Waals surface area contributed by atoms with E-state index in [1.165, 1.54) is 128 Å². The summed E-state index contributed by atoms with van der Waals surface area (Å²) < 4.78 is 2.49. The number of nitrogens with zero attached hydrogens (tertiary/aromatic N) is 3. The van der Waals surface area contributed by atoms with Crippen molar-refractivity contribution in [2.45, 2.75) is 112 Å². The Morgan fingerprint density at radius 3 is 1.71 bits per heavy atom. The highest BCUT2D eigenvalue weighted by molar-refractivity contribution is 7.00. The SMILES string of the molecule is Cc1cc(C(C)(C)C)cc(C)c1N1c2cc3c(cc2B2c4cc(C(C)(C)C)ccc4N(c4ccc5c(c4)C(C)(C)c4ccccc4-5)c4cc(C(C)(C)C)cc1c42)c1ccccc1n3-c1ccccc1. The van der Waals surface area contributed by atoms with Crippen LogP contribution < -0.4 is 26.2 Å². The van der Waals surface area contributed by atoms with Gasteiger partial charge in [0.2, 0.25) is 0 Å². The van der Waals surface area contributed by atoms with Gasteiger partial charge in [-0.25, -0.2) is 0 Å². The normalized spacial score (nSPS) is 14.8. The van der Waals surface area contributed by atoms with E-state index < -0.39 is 0 Å². The maximum absolute atomic E-state index is 2.68. The Balaban J connectivity index is 1.23. The first-order valence-corrected chi connectivity index (χ1v) is 25.1. The van der Waals surface area contributed by atoms with Gasteiger partial charge in [-0.15, -0.1) is 0 Å². The Morgan fingerprint density at radius 1 is 0.420 bits per heavy atom. The van der Waals surface area contributed by atoms with Crippen molar-refractivity contribution in [2.24, 2.45) is 0 Å². The molecule has 0 atom stereocenters. The fraction of sp³-hybridized carbons (Fsp3) is 0.262. The molecule has 0 unspecified atom stereocenters. The molecule has 0 fully saturated rings. The number of anilines is 6. The van der Waals surface area contributed by atoms with E-state index in [4.69, 9.17) is 0 Å². The maximum Gasteiger partial charge on any atom is 0.252 e. The molecule has 8 aromatic carbocycles. The van der Waals surface area contributed by atoms with Crippen LogP contribution in [0.25, 0.3) is 38.6 Å². The number of aryl methyl sites for hydroxylation is 2. The number of fused-ring (bicyclic) bond motifs is 10. The molecule has 3 nitrogen and oxygen atoms in total. The zero-order valence-corrected chi connectivity index (χ0v) is 42.9. The summed E-state index contributed by atoms with van der Waals surface area (Å²) in [5, 5.41) is 2.54. The second-order valence-electron chi connectivity index (χ2n) is 24.0. The monoisotopic (exact) mass is 898 g/mol. The van der Waals surface area contributed by atoms with Crippen molar-refractivity contribution in [2.75, 3.05) is 9.80 Å². The number of benzene rings is 8. The Labute approximate surface area is 410 Å². The molecule has 9 aromatic rings. The average Bonchev–Trinajstić information content (AvgIpc) is 3.75. The van der Waals surface area contributed by atoms with Crippen LogP contribution in [0.1, 0.15) is 115 Å². The molecule has 3 aliphatic rings. The van der Waals surface area contributed by atoms with Crippen molar-refractivity contribution in [3.05, 3.63) is 191 Å². The zero-order valence-electron chi connectivity index (χ0n) is 42.9. The largest absolute Gasteiger partial charge is 0.311 e. The van der Waals surface area contributed by atoms with Gasteiger partial charge in [-0.1, -0.05) is 173 Å². The molecule has 0 N–H and O–H groups in total. The van der Waals surface area contributed by atoms with Crippen LogP contribution in [0.15, 0.2) is 152 Å². The van der Waals surface area contributed by atoms with Crippen LogP contribution in [-0.2, 0) is 21.7 Å². The molecule has 0 spiro atoms.